The molecule has 0 aliphatic carbocycles. The lowest BCUT2D eigenvalue weighted by Crippen LogP contribution is -2.23. The highest BCUT2D eigenvalue weighted by molar-refractivity contribution is 7.91. The highest BCUT2D eigenvalue weighted by Crippen LogP contribution is 2.32. The molecule has 186 valence electrons. The SMILES string of the molecule is COc1ccc(CNC(=O)c2cc(-c3ccc(C)cc3)nc3c2c(C)nn3C2CCS(=O)(=O)C2)cc1. The summed E-state index contributed by atoms with van der Waals surface area (Å²) in [6.07, 6.45) is 0.480. The average Bonchev–Trinajstić information content (AvgIpc) is 3.41. The maximum Gasteiger partial charge on any atom is 0.252 e. The Labute approximate surface area is 210 Å². The molecule has 2 aromatic heterocycles. The zero-order valence-electron chi connectivity index (χ0n) is 20.5. The van der Waals surface area contributed by atoms with Gasteiger partial charge in [-0.3, -0.25) is 4.79 Å². The Kier molecular flexibility index (Phi) is 6.26. The van der Waals surface area contributed by atoms with Crippen molar-refractivity contribution in [3.05, 3.63) is 77.0 Å². The molecule has 1 saturated heterocycles. The molecular formula is C27H28N4O4S. The van der Waals surface area contributed by atoms with Gasteiger partial charge in [0.05, 0.1) is 47.0 Å². The van der Waals surface area contributed by atoms with Crippen molar-refractivity contribution in [3.63, 3.8) is 0 Å². The molecule has 9 heteroatoms. The van der Waals surface area contributed by atoms with E-state index in [-0.39, 0.29) is 23.5 Å². The number of sulfone groups is 1. The van der Waals surface area contributed by atoms with Crippen LogP contribution in [0.5, 0.6) is 5.75 Å². The van der Waals surface area contributed by atoms with Gasteiger partial charge in [-0.15, -0.1) is 0 Å². The zero-order valence-corrected chi connectivity index (χ0v) is 21.3. The number of methoxy groups -OCH3 is 1. The summed E-state index contributed by atoms with van der Waals surface area (Å²) in [4.78, 5) is 18.4. The summed E-state index contributed by atoms with van der Waals surface area (Å²) in [6, 6.07) is 16.9. The summed E-state index contributed by atoms with van der Waals surface area (Å²) < 4.78 is 31.3. The van der Waals surface area contributed by atoms with Crippen LogP contribution in [0.2, 0.25) is 0 Å². The molecule has 0 radical (unpaired) electrons. The first kappa shape index (κ1) is 24.0. The lowest BCUT2D eigenvalue weighted by Gasteiger charge is -2.13. The third-order valence-corrected chi connectivity index (χ3v) is 8.35. The molecule has 1 aliphatic rings. The van der Waals surface area contributed by atoms with E-state index in [1.807, 2.05) is 62.4 Å². The Morgan fingerprint density at radius 2 is 1.83 bits per heavy atom. The number of nitrogens with zero attached hydrogens (tertiary/aromatic N) is 3. The third kappa shape index (κ3) is 4.70. The smallest absolute Gasteiger partial charge is 0.252 e. The number of ether oxygens (including phenoxy) is 1. The largest absolute Gasteiger partial charge is 0.497 e. The number of amides is 1. The molecule has 3 heterocycles. The van der Waals surface area contributed by atoms with Gasteiger partial charge in [0.1, 0.15) is 5.75 Å². The number of hydrogen-bond donors (Lipinski definition) is 1. The Balaban J connectivity index is 1.57. The van der Waals surface area contributed by atoms with E-state index in [1.54, 1.807) is 17.9 Å². The predicted molar refractivity (Wildman–Crippen MR) is 139 cm³/mol. The number of nitrogens with one attached hydrogen (secondary N) is 1. The highest BCUT2D eigenvalue weighted by atomic mass is 32.2. The molecule has 5 rings (SSSR count). The Bertz CT molecular complexity index is 1540. The second-order valence-electron chi connectivity index (χ2n) is 9.24. The normalized spacial score (nSPS) is 16.8. The van der Waals surface area contributed by atoms with Gasteiger partial charge in [0.15, 0.2) is 15.5 Å². The van der Waals surface area contributed by atoms with Gasteiger partial charge in [-0.25, -0.2) is 18.1 Å². The van der Waals surface area contributed by atoms with Crippen molar-refractivity contribution in [1.82, 2.24) is 20.1 Å². The first-order valence-electron chi connectivity index (χ1n) is 11.8. The molecular weight excluding hydrogens is 476 g/mol. The summed E-state index contributed by atoms with van der Waals surface area (Å²) in [5.41, 5.74) is 5.21. The number of hydrogen-bond acceptors (Lipinski definition) is 6. The molecule has 1 fully saturated rings. The van der Waals surface area contributed by atoms with Crippen LogP contribution < -0.4 is 10.1 Å². The van der Waals surface area contributed by atoms with E-state index in [9.17, 15) is 13.2 Å². The minimum Gasteiger partial charge on any atom is -0.497 e. The maximum atomic E-state index is 13.5. The van der Waals surface area contributed by atoms with Crippen molar-refractivity contribution >= 4 is 26.8 Å². The van der Waals surface area contributed by atoms with Crippen LogP contribution in [0, 0.1) is 13.8 Å². The number of carbonyl (C=O) groups is 1. The van der Waals surface area contributed by atoms with E-state index >= 15 is 0 Å². The van der Waals surface area contributed by atoms with E-state index in [4.69, 9.17) is 9.72 Å². The molecule has 2 aromatic carbocycles. The molecule has 0 bridgehead atoms. The number of rotatable bonds is 6. The fourth-order valence-electron chi connectivity index (χ4n) is 4.61. The Hall–Kier alpha value is -3.72. The summed E-state index contributed by atoms with van der Waals surface area (Å²) in [5, 5.41) is 8.31. The molecule has 36 heavy (non-hydrogen) atoms. The van der Waals surface area contributed by atoms with Crippen LogP contribution in [0.15, 0.2) is 54.6 Å². The summed E-state index contributed by atoms with van der Waals surface area (Å²) in [6.45, 7) is 4.19. The van der Waals surface area contributed by atoms with Crippen molar-refractivity contribution in [2.75, 3.05) is 18.6 Å². The maximum absolute atomic E-state index is 13.5. The third-order valence-electron chi connectivity index (χ3n) is 6.60. The van der Waals surface area contributed by atoms with Crippen LogP contribution in [0.1, 0.15) is 39.6 Å². The van der Waals surface area contributed by atoms with Crippen LogP contribution >= 0.6 is 0 Å². The fourth-order valence-corrected chi connectivity index (χ4v) is 6.30. The van der Waals surface area contributed by atoms with Gasteiger partial charge >= 0.3 is 0 Å². The van der Waals surface area contributed by atoms with Crippen molar-refractivity contribution in [2.24, 2.45) is 0 Å². The molecule has 8 nitrogen and oxygen atoms in total. The van der Waals surface area contributed by atoms with Gasteiger partial charge in [0.2, 0.25) is 0 Å². The fraction of sp³-hybridized carbons (Fsp3) is 0.296. The molecule has 0 saturated carbocycles. The number of aryl methyl sites for hydroxylation is 2. The van der Waals surface area contributed by atoms with Crippen LogP contribution in [-0.4, -0.2) is 47.7 Å². The first-order chi connectivity index (χ1) is 17.2. The molecule has 1 atom stereocenters. The van der Waals surface area contributed by atoms with Crippen LogP contribution in [0.3, 0.4) is 0 Å². The van der Waals surface area contributed by atoms with Gasteiger partial charge in [-0.05, 0) is 44.0 Å². The summed E-state index contributed by atoms with van der Waals surface area (Å²) >= 11 is 0. The Morgan fingerprint density at radius 3 is 2.47 bits per heavy atom. The van der Waals surface area contributed by atoms with Crippen molar-refractivity contribution in [1.29, 1.82) is 0 Å². The van der Waals surface area contributed by atoms with Crippen molar-refractivity contribution < 1.29 is 17.9 Å². The van der Waals surface area contributed by atoms with Crippen LogP contribution in [0.4, 0.5) is 0 Å². The molecule has 1 unspecified atom stereocenters. The predicted octanol–water partition coefficient (Wildman–Crippen LogP) is 4.01. The van der Waals surface area contributed by atoms with Gasteiger partial charge in [-0.2, -0.15) is 5.10 Å². The average molecular weight is 505 g/mol. The topological polar surface area (TPSA) is 103 Å². The van der Waals surface area contributed by atoms with E-state index in [1.165, 1.54) is 0 Å². The lowest BCUT2D eigenvalue weighted by molar-refractivity contribution is 0.0952. The van der Waals surface area contributed by atoms with Crippen molar-refractivity contribution in [3.8, 4) is 17.0 Å². The van der Waals surface area contributed by atoms with Crippen molar-refractivity contribution in [2.45, 2.75) is 32.9 Å². The van der Waals surface area contributed by atoms with Gasteiger partial charge in [-0.1, -0.05) is 42.0 Å². The van der Waals surface area contributed by atoms with Crippen LogP contribution in [0.25, 0.3) is 22.3 Å². The van der Waals surface area contributed by atoms with E-state index in [2.05, 4.69) is 10.4 Å². The molecule has 1 aliphatic heterocycles. The van der Waals surface area contributed by atoms with E-state index in [0.717, 1.165) is 22.4 Å². The van der Waals surface area contributed by atoms with E-state index in [0.29, 0.717) is 41.0 Å². The number of pyridine rings is 1. The number of carbonyl (C=O) groups excluding carboxylic acids is 1. The second kappa shape index (κ2) is 9.39. The summed E-state index contributed by atoms with van der Waals surface area (Å²) in [7, 11) is -1.51. The Morgan fingerprint density at radius 1 is 1.11 bits per heavy atom. The zero-order chi connectivity index (χ0) is 25.4. The first-order valence-corrected chi connectivity index (χ1v) is 13.6. The minimum absolute atomic E-state index is 0.0264. The number of fused-ring (bicyclic) bond motifs is 1. The quantitative estimate of drug-likeness (QED) is 0.426. The minimum atomic E-state index is -3.12. The number of benzene rings is 2. The number of aromatic nitrogens is 3. The van der Waals surface area contributed by atoms with E-state index < -0.39 is 9.84 Å². The van der Waals surface area contributed by atoms with Gasteiger partial charge in [0.25, 0.3) is 5.91 Å². The molecule has 1 N–H and O–H groups in total. The molecule has 4 aromatic rings. The molecule has 0 spiro atoms. The standard InChI is InChI=1S/C27H28N4O4S/c1-17-4-8-20(9-5-17)24-14-23(27(32)28-15-19-6-10-22(35-3)11-7-19)25-18(2)30-31(26(25)29-24)21-12-13-36(33,34)16-21/h4-11,14,21H,12-13,15-16H2,1-3H3,(H,28,32). The molecule has 1 amide bonds. The summed E-state index contributed by atoms with van der Waals surface area (Å²) in [5.74, 6) is 0.665. The van der Waals surface area contributed by atoms with Crippen LogP contribution in [-0.2, 0) is 16.4 Å². The highest BCUT2D eigenvalue weighted by Gasteiger charge is 2.32. The second-order valence-corrected chi connectivity index (χ2v) is 11.5. The van der Waals surface area contributed by atoms with Gasteiger partial charge < -0.3 is 10.1 Å². The lowest BCUT2D eigenvalue weighted by atomic mass is 10.0. The van der Waals surface area contributed by atoms with Gasteiger partial charge in [0, 0.05) is 12.1 Å². The monoisotopic (exact) mass is 504 g/mol.